The summed E-state index contributed by atoms with van der Waals surface area (Å²) >= 11 is 1.18. The molecule has 0 atom stereocenters. The van der Waals surface area contributed by atoms with Crippen LogP contribution in [-0.4, -0.2) is 18.6 Å². The smallest absolute Gasteiger partial charge is 0.271 e. The van der Waals surface area contributed by atoms with E-state index in [1.165, 1.54) is 16.9 Å². The standard InChI is InChI=1S/C21H17N3O3S2/c25-29(26,18-7-4-14-28-18)24-17-10-8-15(9-11-17)19-22-20(27-23-19)21(12-13-21)16-5-2-1-3-6-16/h1-11,14,24H,12-13H2. The fourth-order valence-corrected chi connectivity index (χ4v) is 5.40. The van der Waals surface area contributed by atoms with Crippen molar-refractivity contribution in [2.45, 2.75) is 22.5 Å². The first-order valence-electron chi connectivity index (χ1n) is 9.13. The van der Waals surface area contributed by atoms with Crippen LogP contribution in [0, 0.1) is 0 Å². The molecule has 2 heterocycles. The summed E-state index contributed by atoms with van der Waals surface area (Å²) in [6.45, 7) is 0. The molecule has 2 aromatic carbocycles. The fraction of sp³-hybridized carbons (Fsp3) is 0.143. The number of rotatable bonds is 6. The van der Waals surface area contributed by atoms with Gasteiger partial charge in [0.05, 0.1) is 5.41 Å². The van der Waals surface area contributed by atoms with E-state index in [9.17, 15) is 8.42 Å². The van der Waals surface area contributed by atoms with Crippen LogP contribution < -0.4 is 4.72 Å². The molecule has 0 unspecified atom stereocenters. The molecule has 4 aromatic rings. The van der Waals surface area contributed by atoms with Crippen molar-refractivity contribution in [2.75, 3.05) is 4.72 Å². The minimum atomic E-state index is -3.57. The molecular weight excluding hydrogens is 406 g/mol. The molecule has 5 rings (SSSR count). The summed E-state index contributed by atoms with van der Waals surface area (Å²) in [5.41, 5.74) is 2.26. The van der Waals surface area contributed by atoms with Crippen LogP contribution in [0.3, 0.4) is 0 Å². The molecule has 1 fully saturated rings. The van der Waals surface area contributed by atoms with Gasteiger partial charge in [0.1, 0.15) is 4.21 Å². The quantitative estimate of drug-likeness (QED) is 0.487. The molecule has 0 radical (unpaired) electrons. The second-order valence-corrected chi connectivity index (χ2v) is 9.84. The summed E-state index contributed by atoms with van der Waals surface area (Å²) in [5.74, 6) is 1.12. The minimum absolute atomic E-state index is 0.178. The van der Waals surface area contributed by atoms with Crippen LogP contribution in [0.2, 0.25) is 0 Å². The van der Waals surface area contributed by atoms with Gasteiger partial charge in [-0.3, -0.25) is 4.72 Å². The topological polar surface area (TPSA) is 85.1 Å². The molecule has 8 heteroatoms. The molecule has 0 saturated heterocycles. The summed E-state index contributed by atoms with van der Waals surface area (Å²) in [6.07, 6.45) is 1.98. The number of anilines is 1. The summed E-state index contributed by atoms with van der Waals surface area (Å²) in [4.78, 5) is 4.62. The number of sulfonamides is 1. The Morgan fingerprint density at radius 1 is 0.966 bits per heavy atom. The maximum atomic E-state index is 12.3. The zero-order valence-electron chi connectivity index (χ0n) is 15.3. The second kappa shape index (κ2) is 6.82. The first-order chi connectivity index (χ1) is 14.1. The average molecular weight is 424 g/mol. The van der Waals surface area contributed by atoms with Gasteiger partial charge in [-0.2, -0.15) is 4.98 Å². The predicted molar refractivity (Wildman–Crippen MR) is 111 cm³/mol. The van der Waals surface area contributed by atoms with Gasteiger partial charge in [-0.1, -0.05) is 41.6 Å². The van der Waals surface area contributed by atoms with E-state index in [1.807, 2.05) is 18.2 Å². The molecule has 0 spiro atoms. The van der Waals surface area contributed by atoms with Gasteiger partial charge in [-0.05, 0) is 54.1 Å². The van der Waals surface area contributed by atoms with E-state index in [1.54, 1.807) is 41.8 Å². The molecule has 1 aliphatic carbocycles. The summed E-state index contributed by atoms with van der Waals surface area (Å²) in [7, 11) is -3.57. The highest BCUT2D eigenvalue weighted by atomic mass is 32.2. The van der Waals surface area contributed by atoms with Gasteiger partial charge in [0.15, 0.2) is 0 Å². The van der Waals surface area contributed by atoms with E-state index in [2.05, 4.69) is 27.0 Å². The Hall–Kier alpha value is -2.97. The van der Waals surface area contributed by atoms with Crippen molar-refractivity contribution in [1.82, 2.24) is 10.1 Å². The Labute approximate surface area is 172 Å². The van der Waals surface area contributed by atoms with Crippen LogP contribution in [-0.2, 0) is 15.4 Å². The van der Waals surface area contributed by atoms with E-state index in [0.29, 0.717) is 17.4 Å². The molecule has 0 amide bonds. The van der Waals surface area contributed by atoms with Gasteiger partial charge < -0.3 is 4.52 Å². The molecule has 0 aliphatic heterocycles. The third kappa shape index (κ3) is 3.34. The largest absolute Gasteiger partial charge is 0.338 e. The van der Waals surface area contributed by atoms with Crippen LogP contribution in [0.5, 0.6) is 0 Å². The molecule has 1 N–H and O–H groups in total. The fourth-order valence-electron chi connectivity index (χ4n) is 3.35. The van der Waals surface area contributed by atoms with E-state index in [4.69, 9.17) is 4.52 Å². The second-order valence-electron chi connectivity index (χ2n) is 6.99. The normalized spacial score (nSPS) is 15.2. The molecule has 29 heavy (non-hydrogen) atoms. The van der Waals surface area contributed by atoms with Crippen molar-refractivity contribution in [3.63, 3.8) is 0 Å². The molecular formula is C21H17N3O3S2. The first kappa shape index (κ1) is 18.1. The van der Waals surface area contributed by atoms with Gasteiger partial charge in [0, 0.05) is 11.3 Å². The maximum absolute atomic E-state index is 12.3. The van der Waals surface area contributed by atoms with Gasteiger partial charge in [0.25, 0.3) is 10.0 Å². The number of aromatic nitrogens is 2. The van der Waals surface area contributed by atoms with Gasteiger partial charge in [-0.25, -0.2) is 8.42 Å². The molecule has 6 nitrogen and oxygen atoms in total. The molecule has 0 bridgehead atoms. The highest BCUT2D eigenvalue weighted by Crippen LogP contribution is 2.52. The van der Waals surface area contributed by atoms with Crippen molar-refractivity contribution in [2.24, 2.45) is 0 Å². The minimum Gasteiger partial charge on any atom is -0.338 e. The maximum Gasteiger partial charge on any atom is 0.271 e. The van der Waals surface area contributed by atoms with E-state index in [0.717, 1.165) is 18.4 Å². The van der Waals surface area contributed by atoms with Crippen LogP contribution in [0.25, 0.3) is 11.4 Å². The Morgan fingerprint density at radius 3 is 2.38 bits per heavy atom. The van der Waals surface area contributed by atoms with E-state index < -0.39 is 10.0 Å². The van der Waals surface area contributed by atoms with Crippen molar-refractivity contribution >= 4 is 27.0 Å². The van der Waals surface area contributed by atoms with Crippen molar-refractivity contribution < 1.29 is 12.9 Å². The number of nitrogens with zero attached hydrogens (tertiary/aromatic N) is 2. The SMILES string of the molecule is O=S(=O)(Nc1ccc(-c2noc(C3(c4ccccc4)CC3)n2)cc1)c1cccs1. The molecule has 146 valence electrons. The number of thiophene rings is 1. The van der Waals surface area contributed by atoms with Gasteiger partial charge in [-0.15, -0.1) is 11.3 Å². The van der Waals surface area contributed by atoms with Crippen LogP contribution in [0.15, 0.2) is 80.8 Å². The van der Waals surface area contributed by atoms with Crippen molar-refractivity contribution in [3.05, 3.63) is 83.6 Å². The number of nitrogens with one attached hydrogen (secondary N) is 1. The Kier molecular flexibility index (Phi) is 4.25. The Balaban J connectivity index is 1.37. The third-order valence-electron chi connectivity index (χ3n) is 5.07. The highest BCUT2D eigenvalue weighted by molar-refractivity contribution is 7.94. The van der Waals surface area contributed by atoms with Gasteiger partial charge in [0.2, 0.25) is 11.7 Å². The molecule has 2 aromatic heterocycles. The monoisotopic (exact) mass is 423 g/mol. The van der Waals surface area contributed by atoms with E-state index in [-0.39, 0.29) is 9.62 Å². The number of benzene rings is 2. The molecule has 1 aliphatic rings. The van der Waals surface area contributed by atoms with Crippen LogP contribution >= 0.6 is 11.3 Å². The zero-order chi connectivity index (χ0) is 19.9. The lowest BCUT2D eigenvalue weighted by Crippen LogP contribution is -2.11. The van der Waals surface area contributed by atoms with Crippen LogP contribution in [0.4, 0.5) is 5.69 Å². The highest BCUT2D eigenvalue weighted by Gasteiger charge is 2.50. The van der Waals surface area contributed by atoms with Crippen LogP contribution in [0.1, 0.15) is 24.3 Å². The Morgan fingerprint density at radius 2 is 1.72 bits per heavy atom. The Bertz CT molecular complexity index is 1230. The lowest BCUT2D eigenvalue weighted by molar-refractivity contribution is 0.360. The molecule has 1 saturated carbocycles. The lowest BCUT2D eigenvalue weighted by Gasteiger charge is -2.09. The van der Waals surface area contributed by atoms with Crippen molar-refractivity contribution in [1.29, 1.82) is 0 Å². The summed E-state index contributed by atoms with van der Waals surface area (Å²) < 4.78 is 33.1. The van der Waals surface area contributed by atoms with Gasteiger partial charge >= 0.3 is 0 Å². The number of hydrogen-bond donors (Lipinski definition) is 1. The summed E-state index contributed by atoms with van der Waals surface area (Å²) in [5, 5.41) is 5.87. The number of hydrogen-bond acceptors (Lipinski definition) is 6. The third-order valence-corrected chi connectivity index (χ3v) is 7.85. The zero-order valence-corrected chi connectivity index (χ0v) is 16.9. The van der Waals surface area contributed by atoms with Crippen molar-refractivity contribution in [3.8, 4) is 11.4 Å². The summed E-state index contributed by atoms with van der Waals surface area (Å²) in [6, 6.07) is 20.4. The average Bonchev–Trinajstić information content (AvgIpc) is 3.14. The predicted octanol–water partition coefficient (Wildman–Crippen LogP) is 4.68. The lowest BCUT2D eigenvalue weighted by atomic mass is 9.96. The van der Waals surface area contributed by atoms with E-state index >= 15 is 0 Å². The first-order valence-corrected chi connectivity index (χ1v) is 11.5.